The molecular weight excluding hydrogens is 462 g/mol. The van der Waals surface area contributed by atoms with Gasteiger partial charge in [0.25, 0.3) is 17.6 Å². The summed E-state index contributed by atoms with van der Waals surface area (Å²) in [7, 11) is 1.60. The first-order chi connectivity index (χ1) is 16.0. The number of hydrazone groups is 1. The van der Waals surface area contributed by atoms with E-state index in [1.54, 1.807) is 30.6 Å². The van der Waals surface area contributed by atoms with Gasteiger partial charge in [0.15, 0.2) is 0 Å². The smallest absolute Gasteiger partial charge is 0.299 e. The molecule has 33 heavy (non-hydrogen) atoms. The van der Waals surface area contributed by atoms with Crippen LogP contribution < -0.4 is 9.64 Å². The maximum atomic E-state index is 13.4. The molecule has 1 atom stereocenters. The molecule has 0 saturated heterocycles. The van der Waals surface area contributed by atoms with Crippen molar-refractivity contribution in [3.63, 3.8) is 0 Å². The molecule has 7 nitrogen and oxygen atoms in total. The lowest BCUT2D eigenvalue weighted by Crippen LogP contribution is -2.40. The van der Waals surface area contributed by atoms with E-state index in [2.05, 4.69) is 5.10 Å². The molecule has 9 heteroatoms. The maximum Gasteiger partial charge on any atom is 0.299 e. The number of benzene rings is 2. The van der Waals surface area contributed by atoms with Crippen molar-refractivity contribution < 1.29 is 19.1 Å². The fourth-order valence-corrected chi connectivity index (χ4v) is 5.02. The molecule has 5 rings (SSSR count). The van der Waals surface area contributed by atoms with Crippen molar-refractivity contribution in [3.8, 4) is 5.75 Å². The molecule has 0 bridgehead atoms. The SMILES string of the molecule is COc1ccc(C2=NN(C(=O)CN3C(=O)C(=O)c4cc(Cl)ccc43)C(c3cccs3)C2)cc1. The van der Waals surface area contributed by atoms with E-state index in [0.717, 1.165) is 21.9 Å². The molecule has 1 unspecified atom stereocenters. The zero-order chi connectivity index (χ0) is 23.1. The third-order valence-electron chi connectivity index (χ3n) is 5.69. The van der Waals surface area contributed by atoms with Crippen LogP contribution in [0.4, 0.5) is 5.69 Å². The summed E-state index contributed by atoms with van der Waals surface area (Å²) in [4.78, 5) is 40.6. The summed E-state index contributed by atoms with van der Waals surface area (Å²) in [6, 6.07) is 15.7. The first kappa shape index (κ1) is 21.4. The van der Waals surface area contributed by atoms with E-state index in [1.165, 1.54) is 16.0 Å². The molecule has 0 aliphatic carbocycles. The number of thiophene rings is 1. The largest absolute Gasteiger partial charge is 0.497 e. The van der Waals surface area contributed by atoms with Gasteiger partial charge in [-0.25, -0.2) is 5.01 Å². The summed E-state index contributed by atoms with van der Waals surface area (Å²) >= 11 is 7.52. The second-order valence-corrected chi connectivity index (χ2v) is 9.05. The summed E-state index contributed by atoms with van der Waals surface area (Å²) in [5, 5.41) is 8.36. The minimum atomic E-state index is -0.744. The molecule has 0 N–H and O–H groups in total. The average Bonchev–Trinajstić information content (AvgIpc) is 3.55. The highest BCUT2D eigenvalue weighted by Crippen LogP contribution is 2.37. The van der Waals surface area contributed by atoms with E-state index in [9.17, 15) is 14.4 Å². The number of ether oxygens (including phenoxy) is 1. The molecule has 2 aromatic carbocycles. The number of carbonyl (C=O) groups is 3. The van der Waals surface area contributed by atoms with Crippen molar-refractivity contribution in [1.29, 1.82) is 0 Å². The highest BCUT2D eigenvalue weighted by molar-refractivity contribution is 7.10. The van der Waals surface area contributed by atoms with Gasteiger partial charge in [0.2, 0.25) is 0 Å². The first-order valence-electron chi connectivity index (χ1n) is 10.2. The predicted octanol–water partition coefficient (Wildman–Crippen LogP) is 4.32. The Morgan fingerprint density at radius 3 is 2.67 bits per heavy atom. The lowest BCUT2D eigenvalue weighted by molar-refractivity contribution is -0.132. The van der Waals surface area contributed by atoms with Crippen LogP contribution in [0.5, 0.6) is 5.75 Å². The van der Waals surface area contributed by atoms with Crippen LogP contribution in [0.15, 0.2) is 65.1 Å². The number of carbonyl (C=O) groups excluding carboxylic acids is 3. The van der Waals surface area contributed by atoms with Gasteiger partial charge in [-0.2, -0.15) is 5.10 Å². The molecule has 2 aliphatic rings. The van der Waals surface area contributed by atoms with Crippen molar-refractivity contribution in [3.05, 3.63) is 81.0 Å². The number of methoxy groups -OCH3 is 1. The molecule has 3 aromatic rings. The third kappa shape index (κ3) is 3.81. The van der Waals surface area contributed by atoms with Gasteiger partial charge in [0.05, 0.1) is 30.1 Å². The second kappa shape index (κ2) is 8.46. The monoisotopic (exact) mass is 479 g/mol. The van der Waals surface area contributed by atoms with Crippen molar-refractivity contribution >= 4 is 51.9 Å². The molecule has 166 valence electrons. The summed E-state index contributed by atoms with van der Waals surface area (Å²) in [6.07, 6.45) is 0.539. The minimum Gasteiger partial charge on any atom is -0.497 e. The van der Waals surface area contributed by atoms with Crippen LogP contribution in [0, 0.1) is 0 Å². The number of anilines is 1. The maximum absolute atomic E-state index is 13.4. The van der Waals surface area contributed by atoms with Gasteiger partial charge in [-0.1, -0.05) is 17.7 Å². The number of hydrogen-bond acceptors (Lipinski definition) is 6. The van der Waals surface area contributed by atoms with Crippen LogP contribution in [0.2, 0.25) is 5.02 Å². The summed E-state index contributed by atoms with van der Waals surface area (Å²) in [6.45, 7) is -0.291. The van der Waals surface area contributed by atoms with E-state index in [0.29, 0.717) is 17.1 Å². The van der Waals surface area contributed by atoms with Crippen LogP contribution >= 0.6 is 22.9 Å². The lowest BCUT2D eigenvalue weighted by atomic mass is 10.0. The van der Waals surface area contributed by atoms with Crippen LogP contribution in [0.25, 0.3) is 0 Å². The van der Waals surface area contributed by atoms with Gasteiger partial charge < -0.3 is 4.74 Å². The lowest BCUT2D eigenvalue weighted by Gasteiger charge is -2.23. The van der Waals surface area contributed by atoms with Crippen molar-refractivity contribution in [2.75, 3.05) is 18.6 Å². The Morgan fingerprint density at radius 1 is 1.18 bits per heavy atom. The average molecular weight is 480 g/mol. The molecule has 0 spiro atoms. The number of amides is 2. The molecule has 0 fully saturated rings. The standard InChI is InChI=1S/C24H18ClN3O4S/c1-32-16-7-4-14(5-8-16)18-12-20(21-3-2-10-33-21)28(26-18)22(29)13-27-19-9-6-15(25)11-17(19)23(30)24(27)31/h2-11,20H,12-13H2,1H3. The number of halogens is 1. The van der Waals surface area contributed by atoms with Gasteiger partial charge in [0.1, 0.15) is 12.3 Å². The Hall–Kier alpha value is -3.49. The number of fused-ring (bicyclic) bond motifs is 1. The molecule has 1 aromatic heterocycles. The zero-order valence-corrected chi connectivity index (χ0v) is 19.1. The van der Waals surface area contributed by atoms with Crippen molar-refractivity contribution in [2.45, 2.75) is 12.5 Å². The molecule has 2 aliphatic heterocycles. The van der Waals surface area contributed by atoms with Crippen LogP contribution in [-0.2, 0) is 9.59 Å². The van der Waals surface area contributed by atoms with Crippen LogP contribution in [0.3, 0.4) is 0 Å². The molecule has 3 heterocycles. The molecule has 2 amide bonds. The van der Waals surface area contributed by atoms with E-state index in [4.69, 9.17) is 16.3 Å². The Morgan fingerprint density at radius 2 is 1.97 bits per heavy atom. The Bertz CT molecular complexity index is 1290. The van der Waals surface area contributed by atoms with Crippen LogP contribution in [0.1, 0.15) is 33.3 Å². The molecule has 0 radical (unpaired) electrons. The number of rotatable bonds is 5. The van der Waals surface area contributed by atoms with Gasteiger partial charge in [0, 0.05) is 16.3 Å². The number of hydrogen-bond donors (Lipinski definition) is 0. The Balaban J connectivity index is 1.45. The number of ketones is 1. The quantitative estimate of drug-likeness (QED) is 0.510. The summed E-state index contributed by atoms with van der Waals surface area (Å²) in [5.41, 5.74) is 2.24. The van der Waals surface area contributed by atoms with Gasteiger partial charge in [-0.3, -0.25) is 19.3 Å². The van der Waals surface area contributed by atoms with Gasteiger partial charge >= 0.3 is 0 Å². The van der Waals surface area contributed by atoms with Crippen molar-refractivity contribution in [2.24, 2.45) is 5.10 Å². The molecule has 0 saturated carbocycles. The van der Waals surface area contributed by atoms with E-state index < -0.39 is 11.7 Å². The van der Waals surface area contributed by atoms with Crippen molar-refractivity contribution in [1.82, 2.24) is 5.01 Å². The topological polar surface area (TPSA) is 79.3 Å². The highest BCUT2D eigenvalue weighted by atomic mass is 35.5. The van der Waals surface area contributed by atoms with E-state index >= 15 is 0 Å². The number of nitrogens with zero attached hydrogens (tertiary/aromatic N) is 3. The number of Topliss-reactive ketones (excluding diaryl/α,β-unsaturated/α-hetero) is 1. The van der Waals surface area contributed by atoms with E-state index in [1.807, 2.05) is 41.8 Å². The summed E-state index contributed by atoms with van der Waals surface area (Å²) in [5.74, 6) is -1.05. The minimum absolute atomic E-state index is 0.207. The fraction of sp³-hybridized carbons (Fsp3) is 0.167. The van der Waals surface area contributed by atoms with Gasteiger partial charge in [-0.05, 0) is 59.5 Å². The van der Waals surface area contributed by atoms with Gasteiger partial charge in [-0.15, -0.1) is 11.3 Å². The fourth-order valence-electron chi connectivity index (χ4n) is 4.04. The van der Waals surface area contributed by atoms with E-state index in [-0.39, 0.29) is 24.1 Å². The predicted molar refractivity (Wildman–Crippen MR) is 126 cm³/mol. The highest BCUT2D eigenvalue weighted by Gasteiger charge is 2.40. The summed E-state index contributed by atoms with van der Waals surface area (Å²) < 4.78 is 5.22. The first-order valence-corrected chi connectivity index (χ1v) is 11.4. The second-order valence-electron chi connectivity index (χ2n) is 7.63. The van der Waals surface area contributed by atoms with Crippen LogP contribution in [-0.4, -0.2) is 42.0 Å². The zero-order valence-electron chi connectivity index (χ0n) is 17.5. The normalized spacial score (nSPS) is 17.4. The third-order valence-corrected chi connectivity index (χ3v) is 6.90. The Kier molecular flexibility index (Phi) is 5.47. The Labute approximate surface area is 198 Å². The molecular formula is C24H18ClN3O4S.